The first-order valence-electron chi connectivity index (χ1n) is 13.5. The summed E-state index contributed by atoms with van der Waals surface area (Å²) >= 11 is 0. The smallest absolute Gasteiger partial charge is 0.354 e. The van der Waals surface area contributed by atoms with Crippen LogP contribution < -0.4 is 4.74 Å². The van der Waals surface area contributed by atoms with Crippen molar-refractivity contribution in [3.05, 3.63) is 100 Å². The van der Waals surface area contributed by atoms with Crippen molar-refractivity contribution in [1.82, 2.24) is 24.5 Å². The average Bonchev–Trinajstić information content (AvgIpc) is 3.73. The van der Waals surface area contributed by atoms with Gasteiger partial charge in [-0.3, -0.25) is 4.39 Å². The van der Waals surface area contributed by atoms with Gasteiger partial charge in [0.15, 0.2) is 11.3 Å². The van der Waals surface area contributed by atoms with E-state index < -0.39 is 35.5 Å². The number of hydrogen-bond acceptors (Lipinski definition) is 7. The molecule has 0 spiro atoms. The van der Waals surface area contributed by atoms with Crippen LogP contribution in [0.3, 0.4) is 0 Å². The van der Waals surface area contributed by atoms with E-state index in [0.29, 0.717) is 18.4 Å². The molecule has 1 aliphatic carbocycles. The van der Waals surface area contributed by atoms with E-state index in [1.807, 2.05) is 6.07 Å². The summed E-state index contributed by atoms with van der Waals surface area (Å²) in [5, 5.41) is 18.3. The van der Waals surface area contributed by atoms with Crippen molar-refractivity contribution in [3.8, 4) is 23.3 Å². The highest BCUT2D eigenvalue weighted by molar-refractivity contribution is 5.88. The largest absolute Gasteiger partial charge is 0.477 e. The van der Waals surface area contributed by atoms with Crippen LogP contribution in [-0.2, 0) is 19.6 Å². The van der Waals surface area contributed by atoms with Gasteiger partial charge in [0.1, 0.15) is 35.4 Å². The molecule has 1 saturated carbocycles. The number of aromatic nitrogens is 5. The molecule has 3 aromatic heterocycles. The number of nitrogens with zero attached hydrogens (tertiary/aromatic N) is 6. The number of hydrogen-bond donors (Lipinski definition) is 1. The van der Waals surface area contributed by atoms with Crippen LogP contribution in [0.25, 0.3) is 22.4 Å². The van der Waals surface area contributed by atoms with Crippen LogP contribution >= 0.6 is 0 Å². The molecule has 1 fully saturated rings. The molecule has 9 nitrogen and oxygen atoms in total. The molecule has 0 saturated heterocycles. The van der Waals surface area contributed by atoms with Crippen LogP contribution in [0, 0.1) is 34.2 Å². The highest BCUT2D eigenvalue weighted by Gasteiger charge is 2.44. The molecule has 13 heteroatoms. The van der Waals surface area contributed by atoms with Crippen molar-refractivity contribution in [3.63, 3.8) is 0 Å². The van der Waals surface area contributed by atoms with Gasteiger partial charge < -0.3 is 14.4 Å². The molecule has 0 amide bonds. The molecule has 2 aromatic carbocycles. The number of rotatable bonds is 10. The van der Waals surface area contributed by atoms with Crippen LogP contribution in [0.5, 0.6) is 6.01 Å². The Morgan fingerprint density at radius 3 is 2.50 bits per heavy atom. The number of carboxylic acids is 1. The number of pyridine rings is 1. The zero-order chi connectivity index (χ0) is 31.0. The number of carbonyl (C=O) groups is 1. The molecule has 6 rings (SSSR count). The molecule has 3 heterocycles. The highest BCUT2D eigenvalue weighted by atomic mass is 19.1. The lowest BCUT2D eigenvalue weighted by atomic mass is 10.0. The van der Waals surface area contributed by atoms with E-state index in [-0.39, 0.29) is 70.7 Å². The first-order valence-corrected chi connectivity index (χ1v) is 13.5. The molecule has 0 unspecified atom stereocenters. The molecular weight excluding hydrogens is 580 g/mol. The van der Waals surface area contributed by atoms with Crippen molar-refractivity contribution in [2.24, 2.45) is 5.41 Å². The molecule has 0 radical (unpaired) electrons. The predicted molar refractivity (Wildman–Crippen MR) is 148 cm³/mol. The molecule has 1 aliphatic rings. The Morgan fingerprint density at radius 1 is 1.00 bits per heavy atom. The van der Waals surface area contributed by atoms with Gasteiger partial charge in [0.05, 0.1) is 24.0 Å². The average molecular weight is 603 g/mol. The van der Waals surface area contributed by atoms with E-state index in [4.69, 9.17) is 10.00 Å². The lowest BCUT2D eigenvalue weighted by Crippen LogP contribution is -2.17. The summed E-state index contributed by atoms with van der Waals surface area (Å²) in [6.07, 6.45) is 2.38. The topological polar surface area (TPSA) is 127 Å². The van der Waals surface area contributed by atoms with Crippen LogP contribution in [0.2, 0.25) is 0 Å². The molecule has 5 aromatic rings. The number of alkyl halides is 1. The highest BCUT2D eigenvalue weighted by Crippen LogP contribution is 2.48. The van der Waals surface area contributed by atoms with Crippen LogP contribution in [0.15, 0.2) is 54.7 Å². The van der Waals surface area contributed by atoms with E-state index in [2.05, 4.69) is 19.9 Å². The predicted octanol–water partition coefficient (Wildman–Crippen LogP) is 5.79. The van der Waals surface area contributed by atoms with Gasteiger partial charge in [0.25, 0.3) is 0 Å². The van der Waals surface area contributed by atoms with Gasteiger partial charge in [0.2, 0.25) is 0 Å². The summed E-state index contributed by atoms with van der Waals surface area (Å²) in [7, 11) is 0. The SMILES string of the molecule is N#Cc1ccc(COc2nccc(-c3cc(F)c(Cc4nc5ccc(C(=O)O)nc5n4CC4(CF)CC4)cc3F)n2)c(F)c1. The van der Waals surface area contributed by atoms with Gasteiger partial charge in [-0.15, -0.1) is 0 Å². The summed E-state index contributed by atoms with van der Waals surface area (Å²) in [5.74, 6) is -3.15. The molecule has 0 bridgehead atoms. The maximum absolute atomic E-state index is 15.5. The molecule has 0 aliphatic heterocycles. The van der Waals surface area contributed by atoms with E-state index in [9.17, 15) is 18.7 Å². The number of nitriles is 1. The van der Waals surface area contributed by atoms with Crippen LogP contribution in [0.4, 0.5) is 17.6 Å². The number of halogens is 4. The van der Waals surface area contributed by atoms with E-state index in [1.165, 1.54) is 36.5 Å². The molecule has 222 valence electrons. The minimum atomic E-state index is -1.24. The maximum Gasteiger partial charge on any atom is 0.354 e. The minimum absolute atomic E-state index is 0.0227. The lowest BCUT2D eigenvalue weighted by Gasteiger charge is -2.15. The fourth-order valence-corrected chi connectivity index (χ4v) is 4.84. The third-order valence-electron chi connectivity index (χ3n) is 7.56. The monoisotopic (exact) mass is 602 g/mol. The number of carboxylic acid groups (broad SMARTS) is 1. The Bertz CT molecular complexity index is 1970. The Morgan fingerprint density at radius 2 is 1.80 bits per heavy atom. The van der Waals surface area contributed by atoms with Gasteiger partial charge in [-0.05, 0) is 60.9 Å². The van der Waals surface area contributed by atoms with Crippen molar-refractivity contribution in [2.75, 3.05) is 6.67 Å². The number of benzene rings is 2. The molecular formula is C31H22F4N6O3. The number of aromatic carboxylic acids is 1. The first-order chi connectivity index (χ1) is 21.2. The number of ether oxygens (including phenoxy) is 1. The summed E-state index contributed by atoms with van der Waals surface area (Å²) in [4.78, 5) is 28.3. The third-order valence-corrected chi connectivity index (χ3v) is 7.56. The van der Waals surface area contributed by atoms with E-state index >= 15 is 8.78 Å². The van der Waals surface area contributed by atoms with E-state index in [1.54, 1.807) is 4.57 Å². The number of imidazole rings is 1. The standard InChI is InChI=1S/C31H22F4N6O3/c32-15-31(6-7-31)16-41-27(38-25-3-4-26(29(42)43)39-28(25)41)11-19-10-23(35)20(12-22(19)34)24-5-8-37-30(40-24)44-14-18-2-1-17(13-36)9-21(18)33/h1-5,8-10,12H,6-7,11,14-16H2,(H,42,43). The summed E-state index contributed by atoms with van der Waals surface area (Å²) in [5.41, 5.74) is -0.140. The quantitative estimate of drug-likeness (QED) is 0.199. The Kier molecular flexibility index (Phi) is 7.42. The summed E-state index contributed by atoms with van der Waals surface area (Å²) in [6.45, 7) is -0.677. The second kappa shape index (κ2) is 11.4. The second-order valence-electron chi connectivity index (χ2n) is 10.6. The zero-order valence-corrected chi connectivity index (χ0v) is 22.9. The van der Waals surface area contributed by atoms with Gasteiger partial charge in [-0.1, -0.05) is 6.07 Å². The lowest BCUT2D eigenvalue weighted by molar-refractivity contribution is 0.0690. The van der Waals surface area contributed by atoms with Crippen LogP contribution in [-0.4, -0.2) is 42.3 Å². The summed E-state index contributed by atoms with van der Waals surface area (Å²) < 4.78 is 65.9. The van der Waals surface area contributed by atoms with E-state index in [0.717, 1.165) is 18.2 Å². The van der Waals surface area contributed by atoms with Crippen LogP contribution in [0.1, 0.15) is 45.8 Å². The fourth-order valence-electron chi connectivity index (χ4n) is 4.84. The first kappa shape index (κ1) is 28.7. The molecule has 1 N–H and O–H groups in total. The number of fused-ring (bicyclic) bond motifs is 1. The Labute approximate surface area is 247 Å². The fraction of sp³-hybridized carbons (Fsp3) is 0.226. The van der Waals surface area contributed by atoms with Gasteiger partial charge >= 0.3 is 12.0 Å². The molecule has 0 atom stereocenters. The zero-order valence-electron chi connectivity index (χ0n) is 22.9. The second-order valence-corrected chi connectivity index (χ2v) is 10.6. The van der Waals surface area contributed by atoms with Gasteiger partial charge in [-0.2, -0.15) is 10.2 Å². The van der Waals surface area contributed by atoms with Crippen molar-refractivity contribution in [1.29, 1.82) is 5.26 Å². The van der Waals surface area contributed by atoms with Gasteiger partial charge in [-0.25, -0.2) is 32.9 Å². The normalized spacial score (nSPS) is 13.5. The van der Waals surface area contributed by atoms with Crippen molar-refractivity contribution < 1.29 is 32.2 Å². The minimum Gasteiger partial charge on any atom is -0.477 e. The summed E-state index contributed by atoms with van der Waals surface area (Å²) in [6, 6.07) is 11.7. The maximum atomic E-state index is 15.5. The van der Waals surface area contributed by atoms with Crippen molar-refractivity contribution >= 4 is 17.1 Å². The van der Waals surface area contributed by atoms with Gasteiger partial charge in [0, 0.05) is 35.7 Å². The van der Waals surface area contributed by atoms with Crippen molar-refractivity contribution in [2.45, 2.75) is 32.4 Å². The third kappa shape index (κ3) is 5.66. The Hall–Kier alpha value is -5.38. The molecule has 44 heavy (non-hydrogen) atoms. The Balaban J connectivity index is 1.27.